The van der Waals surface area contributed by atoms with E-state index in [0.717, 1.165) is 23.1 Å². The van der Waals surface area contributed by atoms with Gasteiger partial charge < -0.3 is 15.8 Å². The molecule has 0 aliphatic heterocycles. The summed E-state index contributed by atoms with van der Waals surface area (Å²) in [6.45, 7) is 2.98. The second kappa shape index (κ2) is 8.07. The highest BCUT2D eigenvalue weighted by Crippen LogP contribution is 2.23. The number of Topliss-reactive ketones (excluding diaryl/α,β-unsaturated/α-hetero) is 1. The van der Waals surface area contributed by atoms with Gasteiger partial charge in [-0.05, 0) is 6.92 Å². The molecule has 2 aromatic heterocycles. The number of aryl methyl sites for hydroxylation is 1. The number of carbonyl (C=O) groups excluding carboxylic acids is 3. The summed E-state index contributed by atoms with van der Waals surface area (Å²) in [6, 6.07) is 0. The number of thioether (sulfide) groups is 1. The van der Waals surface area contributed by atoms with Crippen molar-refractivity contribution in [1.29, 1.82) is 0 Å². The van der Waals surface area contributed by atoms with Crippen molar-refractivity contribution in [1.82, 2.24) is 19.7 Å². The lowest BCUT2D eigenvalue weighted by molar-refractivity contribution is -0.137. The van der Waals surface area contributed by atoms with E-state index in [1.165, 1.54) is 18.6 Å². The van der Waals surface area contributed by atoms with E-state index >= 15 is 0 Å². The van der Waals surface area contributed by atoms with Crippen LogP contribution in [0.3, 0.4) is 0 Å². The maximum Gasteiger partial charge on any atom is 0.316 e. The van der Waals surface area contributed by atoms with Crippen LogP contribution >= 0.6 is 23.1 Å². The number of thiazole rings is 1. The molecular formula is C13H16N6O4S2. The van der Waals surface area contributed by atoms with Crippen LogP contribution in [0.4, 0.5) is 11.1 Å². The minimum Gasteiger partial charge on any atom is -0.468 e. The molecule has 10 nitrogen and oxygen atoms in total. The zero-order valence-corrected chi connectivity index (χ0v) is 15.4. The summed E-state index contributed by atoms with van der Waals surface area (Å²) in [5.74, 6) is -0.889. The SMILES string of the molecule is COC(=O)CSc1nnc(N)n1CC(=O)Nc1nc(C)c(C(C)=O)s1. The molecule has 25 heavy (non-hydrogen) atoms. The highest BCUT2D eigenvalue weighted by atomic mass is 32.2. The van der Waals surface area contributed by atoms with Gasteiger partial charge in [-0.1, -0.05) is 23.1 Å². The average Bonchev–Trinajstić information content (AvgIpc) is 3.08. The third-order valence-corrected chi connectivity index (χ3v) is 5.07. The molecule has 3 N–H and O–H groups in total. The number of nitrogens with two attached hydrogens (primary N) is 1. The van der Waals surface area contributed by atoms with Crippen molar-refractivity contribution in [3.05, 3.63) is 10.6 Å². The van der Waals surface area contributed by atoms with Crippen LogP contribution in [0.15, 0.2) is 5.16 Å². The number of ketones is 1. The molecule has 0 aliphatic carbocycles. The predicted octanol–water partition coefficient (Wildman–Crippen LogP) is 0.732. The molecule has 0 atom stereocenters. The monoisotopic (exact) mass is 384 g/mol. The number of ether oxygens (including phenoxy) is 1. The number of nitrogens with zero attached hydrogens (tertiary/aromatic N) is 4. The lowest BCUT2D eigenvalue weighted by Crippen LogP contribution is -2.20. The van der Waals surface area contributed by atoms with Crippen LogP contribution in [0.5, 0.6) is 0 Å². The Balaban J connectivity index is 2.05. The van der Waals surface area contributed by atoms with E-state index in [1.54, 1.807) is 6.92 Å². The van der Waals surface area contributed by atoms with Gasteiger partial charge in [0.05, 0.1) is 23.4 Å². The third-order valence-electron chi connectivity index (χ3n) is 2.96. The number of hydrogen-bond donors (Lipinski definition) is 2. The number of anilines is 2. The molecule has 0 fully saturated rings. The molecule has 0 unspecified atom stereocenters. The Morgan fingerprint density at radius 3 is 2.68 bits per heavy atom. The molecule has 134 valence electrons. The quantitative estimate of drug-likeness (QED) is 0.401. The van der Waals surface area contributed by atoms with Gasteiger partial charge in [0, 0.05) is 6.92 Å². The minimum absolute atomic E-state index is 0.0178. The number of esters is 1. The molecule has 0 saturated heterocycles. The highest BCUT2D eigenvalue weighted by Gasteiger charge is 2.17. The normalized spacial score (nSPS) is 10.5. The molecule has 12 heteroatoms. The van der Waals surface area contributed by atoms with Gasteiger partial charge in [0.25, 0.3) is 0 Å². The number of rotatable bonds is 7. The number of carbonyl (C=O) groups is 3. The zero-order chi connectivity index (χ0) is 18.6. The lowest BCUT2D eigenvalue weighted by atomic mass is 10.3. The summed E-state index contributed by atoms with van der Waals surface area (Å²) in [4.78, 5) is 39.5. The highest BCUT2D eigenvalue weighted by molar-refractivity contribution is 7.99. The van der Waals surface area contributed by atoms with E-state index in [0.29, 0.717) is 20.9 Å². The molecule has 0 aromatic carbocycles. The van der Waals surface area contributed by atoms with Crippen LogP contribution in [0.1, 0.15) is 22.3 Å². The Morgan fingerprint density at radius 2 is 2.08 bits per heavy atom. The second-order valence-electron chi connectivity index (χ2n) is 4.83. The van der Waals surface area contributed by atoms with E-state index in [-0.39, 0.29) is 24.0 Å². The van der Waals surface area contributed by atoms with Crippen LogP contribution in [-0.2, 0) is 20.9 Å². The van der Waals surface area contributed by atoms with Crippen molar-refractivity contribution in [2.75, 3.05) is 23.9 Å². The van der Waals surface area contributed by atoms with Crippen LogP contribution < -0.4 is 11.1 Å². The van der Waals surface area contributed by atoms with Crippen LogP contribution in [0.25, 0.3) is 0 Å². The predicted molar refractivity (Wildman–Crippen MR) is 92.7 cm³/mol. The van der Waals surface area contributed by atoms with Gasteiger partial charge >= 0.3 is 5.97 Å². The smallest absolute Gasteiger partial charge is 0.316 e. The number of nitrogen functional groups attached to an aromatic ring is 1. The fraction of sp³-hybridized carbons (Fsp3) is 0.385. The van der Waals surface area contributed by atoms with E-state index in [4.69, 9.17) is 5.73 Å². The summed E-state index contributed by atoms with van der Waals surface area (Å²) < 4.78 is 5.92. The van der Waals surface area contributed by atoms with Gasteiger partial charge in [-0.25, -0.2) is 4.98 Å². The number of methoxy groups -OCH3 is 1. The van der Waals surface area contributed by atoms with Gasteiger partial charge in [-0.15, -0.1) is 10.2 Å². The van der Waals surface area contributed by atoms with E-state index in [2.05, 4.69) is 25.2 Å². The van der Waals surface area contributed by atoms with Crippen molar-refractivity contribution < 1.29 is 19.1 Å². The van der Waals surface area contributed by atoms with Gasteiger partial charge in [0.2, 0.25) is 11.9 Å². The van der Waals surface area contributed by atoms with E-state index in [1.807, 2.05) is 0 Å². The maximum absolute atomic E-state index is 12.2. The molecule has 0 aliphatic rings. The van der Waals surface area contributed by atoms with Crippen molar-refractivity contribution in [3.8, 4) is 0 Å². The molecule has 2 rings (SSSR count). The Morgan fingerprint density at radius 1 is 1.36 bits per heavy atom. The first-order valence-electron chi connectivity index (χ1n) is 6.98. The Bertz CT molecular complexity index is 816. The summed E-state index contributed by atoms with van der Waals surface area (Å²) in [5.41, 5.74) is 6.27. The van der Waals surface area contributed by atoms with Crippen molar-refractivity contribution >= 4 is 51.8 Å². The molecule has 0 spiro atoms. The van der Waals surface area contributed by atoms with E-state index < -0.39 is 11.9 Å². The number of nitrogens with one attached hydrogen (secondary N) is 1. The topological polar surface area (TPSA) is 142 Å². The summed E-state index contributed by atoms with van der Waals surface area (Å²) in [6.07, 6.45) is 0. The van der Waals surface area contributed by atoms with E-state index in [9.17, 15) is 14.4 Å². The maximum atomic E-state index is 12.2. The zero-order valence-electron chi connectivity index (χ0n) is 13.7. The van der Waals surface area contributed by atoms with Crippen LogP contribution in [0.2, 0.25) is 0 Å². The lowest BCUT2D eigenvalue weighted by Gasteiger charge is -2.07. The second-order valence-corrected chi connectivity index (χ2v) is 6.77. The minimum atomic E-state index is -0.433. The average molecular weight is 384 g/mol. The summed E-state index contributed by atoms with van der Waals surface area (Å²) >= 11 is 2.16. The third kappa shape index (κ3) is 4.76. The van der Waals surface area contributed by atoms with Crippen LogP contribution in [0, 0.1) is 6.92 Å². The molecule has 2 aromatic rings. The first-order valence-corrected chi connectivity index (χ1v) is 8.78. The number of hydrogen-bond acceptors (Lipinski definition) is 10. The number of amides is 1. The van der Waals surface area contributed by atoms with Crippen molar-refractivity contribution in [2.45, 2.75) is 25.5 Å². The first kappa shape index (κ1) is 18.9. The van der Waals surface area contributed by atoms with Crippen LogP contribution in [-0.4, -0.2) is 50.3 Å². The molecular weight excluding hydrogens is 368 g/mol. The Labute approximate surface area is 151 Å². The molecule has 0 radical (unpaired) electrons. The van der Waals surface area contributed by atoms with Crippen molar-refractivity contribution in [2.24, 2.45) is 0 Å². The Kier molecular flexibility index (Phi) is 6.09. The summed E-state index contributed by atoms with van der Waals surface area (Å²) in [5, 5.41) is 10.8. The number of aromatic nitrogens is 4. The fourth-order valence-electron chi connectivity index (χ4n) is 1.82. The van der Waals surface area contributed by atoms with Gasteiger partial charge in [-0.3, -0.25) is 19.0 Å². The Hall–Kier alpha value is -2.47. The summed E-state index contributed by atoms with van der Waals surface area (Å²) in [7, 11) is 1.28. The molecule has 1 amide bonds. The molecule has 2 heterocycles. The largest absolute Gasteiger partial charge is 0.468 e. The van der Waals surface area contributed by atoms with Gasteiger partial charge in [-0.2, -0.15) is 0 Å². The fourth-order valence-corrected chi connectivity index (χ4v) is 3.47. The first-order chi connectivity index (χ1) is 11.8. The molecule has 0 saturated carbocycles. The van der Waals surface area contributed by atoms with Crippen molar-refractivity contribution in [3.63, 3.8) is 0 Å². The van der Waals surface area contributed by atoms with Gasteiger partial charge in [0.1, 0.15) is 6.54 Å². The standard InChI is InChI=1S/C13H16N6O4S2/c1-6-10(7(2)20)25-12(15-6)16-8(21)4-19-11(14)17-18-13(19)24-5-9(22)23-3/h4-5H2,1-3H3,(H2,14,17)(H,15,16,21). The molecule has 0 bridgehead atoms. The van der Waals surface area contributed by atoms with Gasteiger partial charge in [0.15, 0.2) is 16.1 Å².